The van der Waals surface area contributed by atoms with E-state index < -0.39 is 0 Å². The minimum absolute atomic E-state index is 0.119. The lowest BCUT2D eigenvalue weighted by Crippen LogP contribution is -2.15. The van der Waals surface area contributed by atoms with Gasteiger partial charge in [0.2, 0.25) is 0 Å². The van der Waals surface area contributed by atoms with Crippen molar-refractivity contribution in [3.8, 4) is 5.75 Å². The van der Waals surface area contributed by atoms with Gasteiger partial charge in [-0.05, 0) is 36.7 Å². The first-order valence-electron chi connectivity index (χ1n) is 5.66. The molecule has 0 amide bonds. The average Bonchev–Trinajstić information content (AvgIpc) is 2.15. The Labute approximate surface area is 99.2 Å². The summed E-state index contributed by atoms with van der Waals surface area (Å²) in [6.45, 7) is 7.60. The number of rotatable bonds is 3. The zero-order chi connectivity index (χ0) is 12.3. The molecule has 0 aromatic heterocycles. The maximum Gasteiger partial charge on any atom is 0.122 e. The number of hydrogen-bond donors (Lipinski definition) is 0. The summed E-state index contributed by atoms with van der Waals surface area (Å²) in [5, 5.41) is 0. The second-order valence-electron chi connectivity index (χ2n) is 5.52. The van der Waals surface area contributed by atoms with Crippen LogP contribution in [-0.2, 0) is 12.0 Å². The summed E-state index contributed by atoms with van der Waals surface area (Å²) in [5.74, 6) is 0.981. The van der Waals surface area contributed by atoms with Crippen LogP contribution in [0, 0.1) is 0 Å². The summed E-state index contributed by atoms with van der Waals surface area (Å²) in [5.41, 5.74) is 2.72. The molecule has 0 spiro atoms. The lowest BCUT2D eigenvalue weighted by Gasteiger charge is -2.23. The van der Waals surface area contributed by atoms with E-state index in [1.165, 1.54) is 11.1 Å². The van der Waals surface area contributed by atoms with Crippen LogP contribution in [0.2, 0.25) is 0 Å². The molecule has 1 aromatic rings. The first-order valence-corrected chi connectivity index (χ1v) is 5.66. The highest BCUT2D eigenvalue weighted by molar-refractivity contribution is 5.41. The van der Waals surface area contributed by atoms with Crippen molar-refractivity contribution in [2.45, 2.75) is 32.7 Å². The van der Waals surface area contributed by atoms with E-state index in [0.717, 1.165) is 12.3 Å². The summed E-state index contributed by atoms with van der Waals surface area (Å²) in [4.78, 5) is 2.17. The summed E-state index contributed by atoms with van der Waals surface area (Å²) in [6, 6.07) is 6.45. The van der Waals surface area contributed by atoms with Gasteiger partial charge in [0.25, 0.3) is 0 Å². The smallest absolute Gasteiger partial charge is 0.122 e. The number of ether oxygens (including phenoxy) is 1. The van der Waals surface area contributed by atoms with Gasteiger partial charge < -0.3 is 9.64 Å². The van der Waals surface area contributed by atoms with Crippen molar-refractivity contribution in [2.24, 2.45) is 0 Å². The fraction of sp³-hybridized carbons (Fsp3) is 0.571. The predicted octanol–water partition coefficient (Wildman–Crippen LogP) is 3.05. The molecule has 2 heteroatoms. The van der Waals surface area contributed by atoms with Crippen LogP contribution in [0.15, 0.2) is 18.2 Å². The molecule has 1 aromatic carbocycles. The molecule has 1 rings (SSSR count). The molecule has 0 fully saturated rings. The predicted molar refractivity (Wildman–Crippen MR) is 69.1 cm³/mol. The standard InChI is InChI=1S/C14H23NO/c1-14(2,3)12-9-11(10-15(4)5)7-8-13(12)16-6/h7-9H,10H2,1-6H3. The molecule has 90 valence electrons. The molecule has 2 nitrogen and oxygen atoms in total. The van der Waals surface area contributed by atoms with Gasteiger partial charge in [0.05, 0.1) is 7.11 Å². The number of methoxy groups -OCH3 is 1. The zero-order valence-corrected chi connectivity index (χ0v) is 11.3. The molecule has 0 N–H and O–H groups in total. The van der Waals surface area contributed by atoms with Crippen molar-refractivity contribution in [3.63, 3.8) is 0 Å². The van der Waals surface area contributed by atoms with Gasteiger partial charge >= 0.3 is 0 Å². The molecule has 0 aliphatic heterocycles. The van der Waals surface area contributed by atoms with Gasteiger partial charge in [0.1, 0.15) is 5.75 Å². The summed E-state index contributed by atoms with van der Waals surface area (Å²) < 4.78 is 5.42. The number of benzene rings is 1. The third-order valence-corrected chi connectivity index (χ3v) is 2.57. The third kappa shape index (κ3) is 3.24. The maximum atomic E-state index is 5.42. The Morgan fingerprint density at radius 1 is 1.19 bits per heavy atom. The summed E-state index contributed by atoms with van der Waals surface area (Å²) in [7, 11) is 5.90. The van der Waals surface area contributed by atoms with Crippen LogP contribution in [0.3, 0.4) is 0 Å². The molecular weight excluding hydrogens is 198 g/mol. The fourth-order valence-electron chi connectivity index (χ4n) is 1.80. The Hall–Kier alpha value is -1.02. The van der Waals surface area contributed by atoms with Crippen molar-refractivity contribution < 1.29 is 4.74 Å². The monoisotopic (exact) mass is 221 g/mol. The Morgan fingerprint density at radius 2 is 1.81 bits per heavy atom. The van der Waals surface area contributed by atoms with Gasteiger partial charge in [0, 0.05) is 6.54 Å². The van der Waals surface area contributed by atoms with Gasteiger partial charge in [-0.15, -0.1) is 0 Å². The molecule has 0 aliphatic rings. The Kier molecular flexibility index (Phi) is 3.98. The van der Waals surface area contributed by atoms with E-state index in [-0.39, 0.29) is 5.41 Å². The Balaban J connectivity index is 3.12. The first kappa shape index (κ1) is 13.0. The van der Waals surface area contributed by atoms with Crippen molar-refractivity contribution in [3.05, 3.63) is 29.3 Å². The fourth-order valence-corrected chi connectivity index (χ4v) is 1.80. The third-order valence-electron chi connectivity index (χ3n) is 2.57. The molecule has 0 saturated carbocycles. The van der Waals surface area contributed by atoms with Gasteiger partial charge in [-0.25, -0.2) is 0 Å². The van der Waals surface area contributed by atoms with Crippen molar-refractivity contribution in [2.75, 3.05) is 21.2 Å². The van der Waals surface area contributed by atoms with E-state index in [0.29, 0.717) is 0 Å². The van der Waals surface area contributed by atoms with Crippen LogP contribution in [0.25, 0.3) is 0 Å². The number of hydrogen-bond acceptors (Lipinski definition) is 2. The second-order valence-corrected chi connectivity index (χ2v) is 5.52. The molecular formula is C14H23NO. The average molecular weight is 221 g/mol. The second kappa shape index (κ2) is 4.88. The van der Waals surface area contributed by atoms with Crippen molar-refractivity contribution >= 4 is 0 Å². The van der Waals surface area contributed by atoms with Crippen molar-refractivity contribution in [1.82, 2.24) is 4.90 Å². The highest BCUT2D eigenvalue weighted by Gasteiger charge is 2.19. The molecule has 0 heterocycles. The van der Waals surface area contributed by atoms with E-state index >= 15 is 0 Å². The van der Waals surface area contributed by atoms with E-state index in [4.69, 9.17) is 4.74 Å². The van der Waals surface area contributed by atoms with E-state index in [2.05, 4.69) is 58.0 Å². The lowest BCUT2D eigenvalue weighted by molar-refractivity contribution is 0.390. The lowest BCUT2D eigenvalue weighted by atomic mass is 9.85. The quantitative estimate of drug-likeness (QED) is 0.778. The SMILES string of the molecule is COc1ccc(CN(C)C)cc1C(C)(C)C. The van der Waals surface area contributed by atoms with Crippen LogP contribution in [0.5, 0.6) is 5.75 Å². The maximum absolute atomic E-state index is 5.42. The van der Waals surface area contributed by atoms with Crippen LogP contribution in [-0.4, -0.2) is 26.1 Å². The minimum atomic E-state index is 0.119. The van der Waals surface area contributed by atoms with Crippen LogP contribution < -0.4 is 4.74 Å². The van der Waals surface area contributed by atoms with Crippen LogP contribution in [0.4, 0.5) is 0 Å². The zero-order valence-electron chi connectivity index (χ0n) is 11.3. The Morgan fingerprint density at radius 3 is 2.25 bits per heavy atom. The van der Waals surface area contributed by atoms with E-state index in [1.54, 1.807) is 7.11 Å². The minimum Gasteiger partial charge on any atom is -0.496 e. The van der Waals surface area contributed by atoms with Gasteiger partial charge in [-0.1, -0.05) is 32.9 Å². The van der Waals surface area contributed by atoms with Gasteiger partial charge in [-0.3, -0.25) is 0 Å². The molecule has 0 aliphatic carbocycles. The summed E-state index contributed by atoms with van der Waals surface area (Å²) in [6.07, 6.45) is 0. The molecule has 0 unspecified atom stereocenters. The number of nitrogens with zero attached hydrogens (tertiary/aromatic N) is 1. The topological polar surface area (TPSA) is 12.5 Å². The van der Waals surface area contributed by atoms with Gasteiger partial charge in [0.15, 0.2) is 0 Å². The van der Waals surface area contributed by atoms with E-state index in [1.807, 2.05) is 0 Å². The summed E-state index contributed by atoms with van der Waals surface area (Å²) >= 11 is 0. The highest BCUT2D eigenvalue weighted by atomic mass is 16.5. The largest absolute Gasteiger partial charge is 0.496 e. The van der Waals surface area contributed by atoms with Crippen molar-refractivity contribution in [1.29, 1.82) is 0 Å². The molecule has 0 radical (unpaired) electrons. The highest BCUT2D eigenvalue weighted by Crippen LogP contribution is 2.32. The molecule has 16 heavy (non-hydrogen) atoms. The molecule has 0 saturated heterocycles. The van der Waals surface area contributed by atoms with E-state index in [9.17, 15) is 0 Å². The van der Waals surface area contributed by atoms with Gasteiger partial charge in [-0.2, -0.15) is 0 Å². The molecule has 0 atom stereocenters. The molecule has 0 bridgehead atoms. The normalized spacial score (nSPS) is 11.9. The first-order chi connectivity index (χ1) is 7.34. The van der Waals surface area contributed by atoms with Crippen LogP contribution >= 0.6 is 0 Å². The Bertz CT molecular complexity index is 350. The van der Waals surface area contributed by atoms with Crippen LogP contribution in [0.1, 0.15) is 31.9 Å².